The molecule has 0 atom stereocenters. The van der Waals surface area contributed by atoms with Gasteiger partial charge in [0.15, 0.2) is 5.78 Å². The van der Waals surface area contributed by atoms with Gasteiger partial charge in [-0.3, -0.25) is 9.59 Å². The number of hydrogen-bond acceptors (Lipinski definition) is 4. The molecule has 1 aromatic rings. The lowest BCUT2D eigenvalue weighted by Gasteiger charge is -2.19. The summed E-state index contributed by atoms with van der Waals surface area (Å²) in [6, 6.07) is 0. The van der Waals surface area contributed by atoms with Gasteiger partial charge in [0, 0.05) is 30.8 Å². The lowest BCUT2D eigenvalue weighted by molar-refractivity contribution is -0.129. The second-order valence-corrected chi connectivity index (χ2v) is 5.51. The molecular formula is C18H26N2O4. The zero-order valence-corrected chi connectivity index (χ0v) is 15.1. The molecule has 132 valence electrons. The van der Waals surface area contributed by atoms with Gasteiger partial charge in [0.25, 0.3) is 0 Å². The molecule has 0 aliphatic rings. The maximum absolute atomic E-state index is 12.8. The van der Waals surface area contributed by atoms with Crippen LogP contribution in [0.25, 0.3) is 0 Å². The Hall–Kier alpha value is -2.37. The van der Waals surface area contributed by atoms with E-state index in [1.54, 1.807) is 31.4 Å². The van der Waals surface area contributed by atoms with E-state index in [1.807, 2.05) is 6.92 Å². The zero-order valence-electron chi connectivity index (χ0n) is 15.1. The lowest BCUT2D eigenvalue weighted by Crippen LogP contribution is -2.35. The maximum atomic E-state index is 12.8. The molecule has 0 fully saturated rings. The van der Waals surface area contributed by atoms with E-state index < -0.39 is 5.97 Å². The van der Waals surface area contributed by atoms with Crippen molar-refractivity contribution in [2.24, 2.45) is 0 Å². The second kappa shape index (κ2) is 8.47. The van der Waals surface area contributed by atoms with Crippen molar-refractivity contribution in [2.75, 3.05) is 20.2 Å². The number of ketones is 1. The first kappa shape index (κ1) is 19.7. The fourth-order valence-corrected chi connectivity index (χ4v) is 2.95. The number of ether oxygens (including phenoxy) is 1. The minimum absolute atomic E-state index is 0.0330. The van der Waals surface area contributed by atoms with Crippen molar-refractivity contribution in [1.82, 2.24) is 9.47 Å². The normalized spacial score (nSPS) is 10.4. The van der Waals surface area contributed by atoms with Crippen LogP contribution in [0.2, 0.25) is 0 Å². The number of esters is 1. The molecule has 0 radical (unpaired) electrons. The Balaban J connectivity index is 3.28. The van der Waals surface area contributed by atoms with Gasteiger partial charge in [-0.05, 0) is 26.3 Å². The summed E-state index contributed by atoms with van der Waals surface area (Å²) in [5.74, 6) is -0.767. The third kappa shape index (κ3) is 3.75. The Morgan fingerprint density at radius 1 is 1.25 bits per heavy atom. The first-order valence-electron chi connectivity index (χ1n) is 8.03. The molecule has 0 saturated heterocycles. The molecule has 0 saturated carbocycles. The van der Waals surface area contributed by atoms with E-state index >= 15 is 0 Å². The largest absolute Gasteiger partial charge is 0.464 e. The van der Waals surface area contributed by atoms with Crippen LogP contribution in [-0.2, 0) is 16.1 Å². The van der Waals surface area contributed by atoms with Gasteiger partial charge in [-0.15, -0.1) is 6.58 Å². The van der Waals surface area contributed by atoms with Crippen molar-refractivity contribution in [2.45, 2.75) is 40.7 Å². The highest BCUT2D eigenvalue weighted by Crippen LogP contribution is 2.24. The topological polar surface area (TPSA) is 68.6 Å². The first-order valence-corrected chi connectivity index (χ1v) is 8.03. The molecule has 1 aromatic heterocycles. The molecular weight excluding hydrogens is 308 g/mol. The van der Waals surface area contributed by atoms with Crippen molar-refractivity contribution in [3.8, 4) is 0 Å². The zero-order chi connectivity index (χ0) is 18.4. The van der Waals surface area contributed by atoms with E-state index in [0.29, 0.717) is 42.0 Å². The second-order valence-electron chi connectivity index (χ2n) is 5.51. The van der Waals surface area contributed by atoms with Gasteiger partial charge < -0.3 is 14.2 Å². The Kier molecular flexibility index (Phi) is 6.95. The standard InChI is InChI=1S/C18H26N2O4/c1-7-10-19(15(22)8-2)11-14(21)16-12(4)17(18(23)24-6)20(9-3)13(16)5/h7H,1,8-11H2,2-6H3. The summed E-state index contributed by atoms with van der Waals surface area (Å²) < 4.78 is 6.61. The van der Waals surface area contributed by atoms with Crippen LogP contribution in [-0.4, -0.2) is 47.3 Å². The Labute approximate surface area is 143 Å². The van der Waals surface area contributed by atoms with Crippen molar-refractivity contribution >= 4 is 17.7 Å². The minimum Gasteiger partial charge on any atom is -0.464 e. The molecule has 1 rings (SSSR count). The molecule has 6 nitrogen and oxygen atoms in total. The summed E-state index contributed by atoms with van der Waals surface area (Å²) in [6.07, 6.45) is 1.92. The van der Waals surface area contributed by atoms with Crippen molar-refractivity contribution < 1.29 is 19.1 Å². The molecule has 24 heavy (non-hydrogen) atoms. The average Bonchev–Trinajstić information content (AvgIpc) is 2.82. The van der Waals surface area contributed by atoms with Crippen molar-refractivity contribution in [3.05, 3.63) is 35.2 Å². The third-order valence-corrected chi connectivity index (χ3v) is 4.08. The molecule has 0 N–H and O–H groups in total. The molecule has 6 heteroatoms. The van der Waals surface area contributed by atoms with E-state index in [-0.39, 0.29) is 18.2 Å². The number of Topliss-reactive ketones (excluding diaryl/α,β-unsaturated/α-hetero) is 1. The van der Waals surface area contributed by atoms with E-state index in [9.17, 15) is 14.4 Å². The van der Waals surface area contributed by atoms with Gasteiger partial charge in [-0.1, -0.05) is 13.0 Å². The van der Waals surface area contributed by atoms with Gasteiger partial charge in [-0.25, -0.2) is 4.79 Å². The smallest absolute Gasteiger partial charge is 0.354 e. The minimum atomic E-state index is -0.468. The number of carbonyl (C=O) groups is 3. The number of amides is 1. The van der Waals surface area contributed by atoms with Crippen LogP contribution in [0.5, 0.6) is 0 Å². The number of hydrogen-bond donors (Lipinski definition) is 0. The predicted molar refractivity (Wildman–Crippen MR) is 92.3 cm³/mol. The predicted octanol–water partition coefficient (Wildman–Crippen LogP) is 2.52. The maximum Gasteiger partial charge on any atom is 0.354 e. The van der Waals surface area contributed by atoms with Crippen LogP contribution < -0.4 is 0 Å². The lowest BCUT2D eigenvalue weighted by atomic mass is 10.0. The van der Waals surface area contributed by atoms with Gasteiger partial charge >= 0.3 is 5.97 Å². The van der Waals surface area contributed by atoms with Crippen LogP contribution >= 0.6 is 0 Å². The molecule has 0 unspecified atom stereocenters. The van der Waals surface area contributed by atoms with E-state index in [2.05, 4.69) is 6.58 Å². The van der Waals surface area contributed by atoms with Gasteiger partial charge in [0.05, 0.1) is 13.7 Å². The van der Waals surface area contributed by atoms with Gasteiger partial charge in [0.2, 0.25) is 5.91 Å². The summed E-state index contributed by atoms with van der Waals surface area (Å²) in [7, 11) is 1.32. The summed E-state index contributed by atoms with van der Waals surface area (Å²) >= 11 is 0. The van der Waals surface area contributed by atoms with Crippen LogP contribution in [0.1, 0.15) is 52.4 Å². The van der Waals surface area contributed by atoms with E-state index in [1.165, 1.54) is 12.0 Å². The van der Waals surface area contributed by atoms with E-state index in [0.717, 1.165) is 0 Å². The molecule has 0 aromatic carbocycles. The summed E-state index contributed by atoms with van der Waals surface area (Å²) in [5.41, 5.74) is 2.17. The summed E-state index contributed by atoms with van der Waals surface area (Å²) in [6.45, 7) is 11.6. The quantitative estimate of drug-likeness (QED) is 0.416. The van der Waals surface area contributed by atoms with Crippen LogP contribution in [0.4, 0.5) is 0 Å². The number of rotatable bonds is 8. The fraction of sp³-hybridized carbons (Fsp3) is 0.500. The first-order chi connectivity index (χ1) is 11.3. The average molecular weight is 334 g/mol. The highest BCUT2D eigenvalue weighted by atomic mass is 16.5. The highest BCUT2D eigenvalue weighted by molar-refractivity contribution is 6.04. The van der Waals surface area contributed by atoms with Crippen molar-refractivity contribution in [3.63, 3.8) is 0 Å². The highest BCUT2D eigenvalue weighted by Gasteiger charge is 2.27. The number of carbonyl (C=O) groups excluding carboxylic acids is 3. The number of methoxy groups -OCH3 is 1. The van der Waals surface area contributed by atoms with Crippen molar-refractivity contribution in [1.29, 1.82) is 0 Å². The SMILES string of the molecule is C=CCN(CC(=O)c1c(C)c(C(=O)OC)n(CC)c1C)C(=O)CC. The molecule has 1 amide bonds. The van der Waals surface area contributed by atoms with E-state index in [4.69, 9.17) is 4.74 Å². The Morgan fingerprint density at radius 2 is 1.88 bits per heavy atom. The number of aromatic nitrogens is 1. The monoisotopic (exact) mass is 334 g/mol. The Bertz CT molecular complexity index is 658. The van der Waals surface area contributed by atoms with Gasteiger partial charge in [0.1, 0.15) is 5.69 Å². The summed E-state index contributed by atoms with van der Waals surface area (Å²) in [5, 5.41) is 0. The van der Waals surface area contributed by atoms with Crippen LogP contribution in [0.3, 0.4) is 0 Å². The van der Waals surface area contributed by atoms with Crippen LogP contribution in [0, 0.1) is 13.8 Å². The molecule has 0 aliphatic carbocycles. The molecule has 0 spiro atoms. The molecule has 0 bridgehead atoms. The van der Waals surface area contributed by atoms with Gasteiger partial charge in [-0.2, -0.15) is 0 Å². The third-order valence-electron chi connectivity index (χ3n) is 4.08. The molecule has 1 heterocycles. The van der Waals surface area contributed by atoms with Crippen LogP contribution in [0.15, 0.2) is 12.7 Å². The summed E-state index contributed by atoms with van der Waals surface area (Å²) in [4.78, 5) is 38.3. The fourth-order valence-electron chi connectivity index (χ4n) is 2.95. The Morgan fingerprint density at radius 3 is 2.33 bits per heavy atom. The number of nitrogens with zero attached hydrogens (tertiary/aromatic N) is 2. The molecule has 0 aliphatic heterocycles.